The Morgan fingerprint density at radius 1 is 1.21 bits per heavy atom. The fraction of sp³-hybridized carbons (Fsp3) is 0.533. The number of aryl methyl sites for hydroxylation is 1. The quantitative estimate of drug-likeness (QED) is 0.676. The molecule has 0 spiro atoms. The van der Waals surface area contributed by atoms with Crippen LogP contribution in [-0.4, -0.2) is 44.2 Å². The summed E-state index contributed by atoms with van der Waals surface area (Å²) in [4.78, 5) is 13.3. The Labute approximate surface area is 115 Å². The first kappa shape index (κ1) is 15.5. The van der Waals surface area contributed by atoms with Gasteiger partial charge in [-0.05, 0) is 25.6 Å². The number of benzene rings is 1. The molecule has 1 aromatic carbocycles. The van der Waals surface area contributed by atoms with Gasteiger partial charge in [0.25, 0.3) is 0 Å². The van der Waals surface area contributed by atoms with Crippen LogP contribution >= 0.6 is 0 Å². The highest BCUT2D eigenvalue weighted by atomic mass is 16.5. The van der Waals surface area contributed by atoms with Gasteiger partial charge in [0, 0.05) is 13.1 Å². The van der Waals surface area contributed by atoms with E-state index in [4.69, 9.17) is 4.74 Å². The number of carbonyl (C=O) groups excluding carboxylic acids is 1. The number of methoxy groups -OCH3 is 1. The molecule has 106 valence electrons. The Morgan fingerprint density at radius 3 is 2.47 bits per heavy atom. The number of esters is 1. The predicted octanol–water partition coefficient (Wildman–Crippen LogP) is 2.26. The summed E-state index contributed by atoms with van der Waals surface area (Å²) in [5.41, 5.74) is 1.22. The second-order valence-electron chi connectivity index (χ2n) is 4.42. The Hall–Kier alpha value is -1.55. The van der Waals surface area contributed by atoms with Crippen LogP contribution in [-0.2, 0) is 9.53 Å². The highest BCUT2D eigenvalue weighted by Crippen LogP contribution is 2.11. The summed E-state index contributed by atoms with van der Waals surface area (Å²) in [7, 11) is 1.42. The second kappa shape index (κ2) is 8.53. The van der Waals surface area contributed by atoms with Gasteiger partial charge in [0.2, 0.25) is 0 Å². The van der Waals surface area contributed by atoms with Gasteiger partial charge in [0.1, 0.15) is 12.4 Å². The molecule has 1 aromatic rings. The fourth-order valence-electron chi connectivity index (χ4n) is 1.71. The Balaban J connectivity index is 2.25. The van der Waals surface area contributed by atoms with E-state index in [1.54, 1.807) is 0 Å². The van der Waals surface area contributed by atoms with Gasteiger partial charge in [0.05, 0.1) is 13.5 Å². The van der Waals surface area contributed by atoms with E-state index in [0.29, 0.717) is 19.6 Å². The summed E-state index contributed by atoms with van der Waals surface area (Å²) in [5, 5.41) is 0. The summed E-state index contributed by atoms with van der Waals surface area (Å²) in [5.74, 6) is 0.715. The van der Waals surface area contributed by atoms with Gasteiger partial charge < -0.3 is 9.47 Å². The lowest BCUT2D eigenvalue weighted by Gasteiger charge is -2.19. The zero-order valence-electron chi connectivity index (χ0n) is 12.0. The van der Waals surface area contributed by atoms with Crippen molar-refractivity contribution in [2.45, 2.75) is 20.3 Å². The standard InChI is InChI=1S/C15H23NO3/c1-4-16(10-9-15(17)18-3)11-12-19-14-7-5-13(2)6-8-14/h5-8H,4,9-12H2,1-3H3. The molecule has 0 aliphatic rings. The van der Waals surface area contributed by atoms with Crippen LogP contribution in [0.1, 0.15) is 18.9 Å². The third-order valence-electron chi connectivity index (χ3n) is 3.00. The van der Waals surface area contributed by atoms with Crippen LogP contribution in [0.4, 0.5) is 0 Å². The van der Waals surface area contributed by atoms with E-state index in [9.17, 15) is 4.79 Å². The van der Waals surface area contributed by atoms with E-state index in [1.165, 1.54) is 12.7 Å². The maximum absolute atomic E-state index is 11.1. The normalized spacial score (nSPS) is 10.5. The Morgan fingerprint density at radius 2 is 1.89 bits per heavy atom. The summed E-state index contributed by atoms with van der Waals surface area (Å²) in [6.07, 6.45) is 0.425. The summed E-state index contributed by atoms with van der Waals surface area (Å²) in [6.45, 7) is 7.16. The lowest BCUT2D eigenvalue weighted by Crippen LogP contribution is -2.30. The van der Waals surface area contributed by atoms with Crippen molar-refractivity contribution in [2.24, 2.45) is 0 Å². The number of rotatable bonds is 8. The minimum Gasteiger partial charge on any atom is -0.492 e. The van der Waals surface area contributed by atoms with Gasteiger partial charge in [-0.25, -0.2) is 0 Å². The fourth-order valence-corrected chi connectivity index (χ4v) is 1.71. The third-order valence-corrected chi connectivity index (χ3v) is 3.00. The molecule has 0 unspecified atom stereocenters. The van der Waals surface area contributed by atoms with Crippen molar-refractivity contribution in [3.05, 3.63) is 29.8 Å². The van der Waals surface area contributed by atoms with Gasteiger partial charge in [-0.3, -0.25) is 9.69 Å². The molecule has 0 amide bonds. The molecule has 4 heteroatoms. The van der Waals surface area contributed by atoms with Crippen molar-refractivity contribution < 1.29 is 14.3 Å². The summed E-state index contributed by atoms with van der Waals surface area (Å²) < 4.78 is 10.3. The van der Waals surface area contributed by atoms with E-state index < -0.39 is 0 Å². The van der Waals surface area contributed by atoms with Crippen LogP contribution in [0.3, 0.4) is 0 Å². The molecule has 0 radical (unpaired) electrons. The number of nitrogens with zero attached hydrogens (tertiary/aromatic N) is 1. The monoisotopic (exact) mass is 265 g/mol. The lowest BCUT2D eigenvalue weighted by atomic mass is 10.2. The van der Waals surface area contributed by atoms with Crippen LogP contribution in [0, 0.1) is 6.92 Å². The highest BCUT2D eigenvalue weighted by Gasteiger charge is 2.06. The van der Waals surface area contributed by atoms with E-state index in [-0.39, 0.29) is 5.97 Å². The maximum Gasteiger partial charge on any atom is 0.306 e. The number of hydrogen-bond acceptors (Lipinski definition) is 4. The lowest BCUT2D eigenvalue weighted by molar-refractivity contribution is -0.141. The molecule has 19 heavy (non-hydrogen) atoms. The predicted molar refractivity (Wildman–Crippen MR) is 75.4 cm³/mol. The molecule has 0 fully saturated rings. The molecular formula is C15H23NO3. The first-order chi connectivity index (χ1) is 9.15. The molecule has 1 rings (SSSR count). The molecule has 0 saturated carbocycles. The summed E-state index contributed by atoms with van der Waals surface area (Å²) >= 11 is 0. The minimum atomic E-state index is -0.169. The molecule has 0 aliphatic heterocycles. The molecule has 0 N–H and O–H groups in total. The third kappa shape index (κ3) is 6.25. The van der Waals surface area contributed by atoms with Gasteiger partial charge in [-0.2, -0.15) is 0 Å². The van der Waals surface area contributed by atoms with Crippen LogP contribution < -0.4 is 4.74 Å². The molecule has 0 bridgehead atoms. The smallest absolute Gasteiger partial charge is 0.306 e. The topological polar surface area (TPSA) is 38.8 Å². The highest BCUT2D eigenvalue weighted by molar-refractivity contribution is 5.69. The first-order valence-corrected chi connectivity index (χ1v) is 6.64. The SMILES string of the molecule is CCN(CCOc1ccc(C)cc1)CCC(=O)OC. The number of ether oxygens (including phenoxy) is 2. The van der Waals surface area contributed by atoms with Gasteiger partial charge in [-0.15, -0.1) is 0 Å². The largest absolute Gasteiger partial charge is 0.492 e. The molecule has 0 atom stereocenters. The number of carbonyl (C=O) groups is 1. The molecular weight excluding hydrogens is 242 g/mol. The van der Waals surface area contributed by atoms with E-state index in [0.717, 1.165) is 18.8 Å². The van der Waals surface area contributed by atoms with Crippen molar-refractivity contribution in [3.8, 4) is 5.75 Å². The average Bonchev–Trinajstić information content (AvgIpc) is 2.44. The molecule has 0 saturated heterocycles. The number of hydrogen-bond donors (Lipinski definition) is 0. The molecule has 0 heterocycles. The number of likely N-dealkylation sites (N-methyl/N-ethyl adjacent to an activating group) is 1. The molecule has 0 aliphatic carbocycles. The zero-order valence-corrected chi connectivity index (χ0v) is 12.0. The maximum atomic E-state index is 11.1. The average molecular weight is 265 g/mol. The van der Waals surface area contributed by atoms with E-state index in [2.05, 4.69) is 23.5 Å². The van der Waals surface area contributed by atoms with Crippen molar-refractivity contribution in [1.82, 2.24) is 4.90 Å². The van der Waals surface area contributed by atoms with Gasteiger partial charge >= 0.3 is 5.97 Å². The van der Waals surface area contributed by atoms with E-state index >= 15 is 0 Å². The van der Waals surface area contributed by atoms with Crippen molar-refractivity contribution >= 4 is 5.97 Å². The van der Waals surface area contributed by atoms with Crippen LogP contribution in [0.15, 0.2) is 24.3 Å². The minimum absolute atomic E-state index is 0.169. The van der Waals surface area contributed by atoms with Crippen LogP contribution in [0.5, 0.6) is 5.75 Å². The second-order valence-corrected chi connectivity index (χ2v) is 4.42. The van der Waals surface area contributed by atoms with Crippen molar-refractivity contribution in [3.63, 3.8) is 0 Å². The summed E-state index contributed by atoms with van der Waals surface area (Å²) in [6, 6.07) is 8.01. The Bertz CT molecular complexity index is 375. The van der Waals surface area contributed by atoms with Crippen LogP contribution in [0.2, 0.25) is 0 Å². The van der Waals surface area contributed by atoms with Gasteiger partial charge in [-0.1, -0.05) is 24.6 Å². The van der Waals surface area contributed by atoms with Gasteiger partial charge in [0.15, 0.2) is 0 Å². The molecule has 4 nitrogen and oxygen atoms in total. The zero-order chi connectivity index (χ0) is 14.1. The van der Waals surface area contributed by atoms with Crippen LogP contribution in [0.25, 0.3) is 0 Å². The Kier molecular flexibility index (Phi) is 6.97. The first-order valence-electron chi connectivity index (χ1n) is 6.64. The van der Waals surface area contributed by atoms with Crippen molar-refractivity contribution in [2.75, 3.05) is 33.4 Å². The van der Waals surface area contributed by atoms with Crippen molar-refractivity contribution in [1.29, 1.82) is 0 Å². The van der Waals surface area contributed by atoms with E-state index in [1.807, 2.05) is 24.3 Å². The molecule has 0 aromatic heterocycles.